The molecule has 1 saturated heterocycles. The number of benzene rings is 2. The quantitative estimate of drug-likeness (QED) is 0.628. The second-order valence-corrected chi connectivity index (χ2v) is 11.2. The molecular weight excluding hydrogens is 418 g/mol. The van der Waals surface area contributed by atoms with Crippen LogP contribution in [0.3, 0.4) is 0 Å². The summed E-state index contributed by atoms with van der Waals surface area (Å²) in [6.45, 7) is 5.24. The molecule has 31 heavy (non-hydrogen) atoms. The Kier molecular flexibility index (Phi) is 5.77. The molecule has 162 valence electrons. The Bertz CT molecular complexity index is 1240. The summed E-state index contributed by atoms with van der Waals surface area (Å²) in [6.07, 6.45) is 0.348. The van der Waals surface area contributed by atoms with Gasteiger partial charge in [-0.3, -0.25) is 14.3 Å². The average molecular weight is 442 g/mol. The Morgan fingerprint density at radius 3 is 2.45 bits per heavy atom. The number of aromatic nitrogens is 2. The number of nitrogens with one attached hydrogen (secondary N) is 1. The van der Waals surface area contributed by atoms with E-state index in [-0.39, 0.29) is 17.0 Å². The van der Waals surface area contributed by atoms with Crippen molar-refractivity contribution in [2.45, 2.75) is 6.42 Å². The average Bonchev–Trinajstić information content (AvgIpc) is 2.76. The van der Waals surface area contributed by atoms with Crippen LogP contribution in [0, 0.1) is 5.82 Å². The number of halogens is 1. The fourth-order valence-corrected chi connectivity index (χ4v) is 5.04. The zero-order valence-electron chi connectivity index (χ0n) is 17.5. The smallest absolute Gasteiger partial charge is 0.272 e. The highest BCUT2D eigenvalue weighted by Gasteiger charge is 2.28. The Balaban J connectivity index is 1.57. The summed E-state index contributed by atoms with van der Waals surface area (Å²) >= 11 is 0. The van der Waals surface area contributed by atoms with Gasteiger partial charge in [0.25, 0.3) is 11.5 Å². The first kappa shape index (κ1) is 21.4. The first-order chi connectivity index (χ1) is 14.7. The van der Waals surface area contributed by atoms with Crippen LogP contribution in [-0.2, 0) is 11.0 Å². The van der Waals surface area contributed by atoms with Crippen molar-refractivity contribution in [3.63, 3.8) is 0 Å². The molecule has 3 aromatic rings. The number of rotatable bonds is 4. The van der Waals surface area contributed by atoms with Crippen LogP contribution in [0.5, 0.6) is 0 Å². The topological polar surface area (TPSA) is 86.4 Å². The second kappa shape index (κ2) is 8.36. The number of aromatic amines is 1. The lowest BCUT2D eigenvalue weighted by atomic mass is 10.0. The lowest BCUT2D eigenvalue weighted by Gasteiger charge is -2.36. The number of carbonyl (C=O) groups is 1. The van der Waals surface area contributed by atoms with Gasteiger partial charge in [0.15, 0.2) is 0 Å². The van der Waals surface area contributed by atoms with E-state index in [1.807, 2.05) is 16.8 Å². The highest BCUT2D eigenvalue weighted by molar-refractivity contribution is 7.59. The molecule has 0 unspecified atom stereocenters. The molecule has 7 nitrogen and oxygen atoms in total. The van der Waals surface area contributed by atoms with E-state index in [0.29, 0.717) is 43.7 Å². The van der Waals surface area contributed by atoms with E-state index in [2.05, 4.69) is 10.2 Å². The van der Waals surface area contributed by atoms with Gasteiger partial charge in [0.2, 0.25) is 0 Å². The Hall–Kier alpha value is -2.83. The summed E-state index contributed by atoms with van der Waals surface area (Å²) in [6, 6.07) is 11.6. The summed E-state index contributed by atoms with van der Waals surface area (Å²) in [7, 11) is -2.36. The molecule has 0 radical (unpaired) electrons. The first-order valence-corrected chi connectivity index (χ1v) is 12.6. The Labute approximate surface area is 179 Å². The van der Waals surface area contributed by atoms with Crippen molar-refractivity contribution in [2.24, 2.45) is 0 Å². The van der Waals surface area contributed by atoms with E-state index in [0.717, 1.165) is 10.9 Å². The van der Waals surface area contributed by atoms with Gasteiger partial charge in [-0.25, -0.2) is 9.49 Å². The summed E-state index contributed by atoms with van der Waals surface area (Å²) in [5.41, 5.74) is 1.11. The third-order valence-corrected chi connectivity index (χ3v) is 7.39. The number of fused-ring (bicyclic) bond motifs is 1. The van der Waals surface area contributed by atoms with Crippen LogP contribution in [0.15, 0.2) is 47.3 Å². The fourth-order valence-electron chi connectivity index (χ4n) is 3.90. The molecule has 9 heteroatoms. The molecule has 0 saturated carbocycles. The van der Waals surface area contributed by atoms with Crippen molar-refractivity contribution in [3.8, 4) is 0 Å². The van der Waals surface area contributed by atoms with Crippen LogP contribution < -0.4 is 5.56 Å². The van der Waals surface area contributed by atoms with Gasteiger partial charge in [0.1, 0.15) is 13.1 Å². The van der Waals surface area contributed by atoms with E-state index < -0.39 is 13.1 Å². The molecule has 0 aliphatic carbocycles. The maximum Gasteiger partial charge on any atom is 0.272 e. The minimum absolute atomic E-state index is 0.0101. The zero-order valence-corrected chi connectivity index (χ0v) is 18.4. The van der Waals surface area contributed by atoms with Gasteiger partial charge < -0.3 is 9.46 Å². The fraction of sp³-hybridized carbons (Fsp3) is 0.318. The number of H-pyrrole nitrogens is 1. The number of nitrogens with zero attached hydrogens (tertiary/aromatic N) is 3. The lowest BCUT2D eigenvalue weighted by molar-refractivity contribution is 0.0692. The first-order valence-electron chi connectivity index (χ1n) is 10.1. The Morgan fingerprint density at radius 2 is 1.77 bits per heavy atom. The molecule has 1 amide bonds. The summed E-state index contributed by atoms with van der Waals surface area (Å²) < 4.78 is 28.6. The monoisotopic (exact) mass is 442 g/mol. The van der Waals surface area contributed by atoms with Gasteiger partial charge >= 0.3 is 0 Å². The molecule has 1 fully saturated rings. The number of hydrogen-bond acceptors (Lipinski definition) is 4. The number of piperazine rings is 1. The molecular formula is C22H24FN4O3P. The van der Waals surface area contributed by atoms with Crippen LogP contribution in [0.4, 0.5) is 4.39 Å². The third kappa shape index (κ3) is 4.45. The van der Waals surface area contributed by atoms with Gasteiger partial charge in [-0.05, 0) is 23.8 Å². The predicted octanol–water partition coefficient (Wildman–Crippen LogP) is 2.95. The largest absolute Gasteiger partial charge is 0.336 e. The molecule has 1 N–H and O–H groups in total. The number of carbonyl (C=O) groups excluding carboxylic acids is 1. The van der Waals surface area contributed by atoms with Gasteiger partial charge in [-0.2, -0.15) is 5.10 Å². The second-order valence-electron chi connectivity index (χ2n) is 8.08. The van der Waals surface area contributed by atoms with Gasteiger partial charge in [-0.15, -0.1) is 0 Å². The minimum Gasteiger partial charge on any atom is -0.336 e. The highest BCUT2D eigenvalue weighted by atomic mass is 31.2. The normalized spacial score (nSPS) is 15.4. The van der Waals surface area contributed by atoms with Gasteiger partial charge in [0, 0.05) is 51.3 Å². The SMILES string of the molecule is CP(C)(=O)N1CCN(C(=O)c2cc(Cc3n[nH]c(=O)c4ccccc34)ccc2F)CC1. The van der Waals surface area contributed by atoms with E-state index >= 15 is 0 Å². The van der Waals surface area contributed by atoms with Gasteiger partial charge in [-0.1, -0.05) is 24.3 Å². The van der Waals surface area contributed by atoms with Crippen LogP contribution in [-0.4, -0.2) is 65.2 Å². The van der Waals surface area contributed by atoms with Crippen molar-refractivity contribution in [1.29, 1.82) is 0 Å². The molecule has 0 spiro atoms. The van der Waals surface area contributed by atoms with E-state index in [1.165, 1.54) is 6.07 Å². The van der Waals surface area contributed by atoms with Crippen molar-refractivity contribution in [2.75, 3.05) is 39.5 Å². The summed E-state index contributed by atoms with van der Waals surface area (Å²) in [5, 5.41) is 7.92. The van der Waals surface area contributed by atoms with Crippen molar-refractivity contribution < 1.29 is 13.8 Å². The van der Waals surface area contributed by atoms with E-state index in [9.17, 15) is 18.5 Å². The predicted molar refractivity (Wildman–Crippen MR) is 119 cm³/mol. The number of amides is 1. The van der Waals surface area contributed by atoms with Crippen molar-refractivity contribution in [1.82, 2.24) is 19.8 Å². The standard InChI is InChI=1S/C22H24FN4O3P/c1-31(2,30)27-11-9-26(10-12-27)22(29)18-13-15(7-8-19(18)23)14-20-16-5-3-4-6-17(16)21(28)25-24-20/h3-8,13H,9-12,14H2,1-2H3,(H,25,28). The molecule has 2 aromatic carbocycles. The molecule has 0 atom stereocenters. The molecule has 1 aromatic heterocycles. The van der Waals surface area contributed by atoms with Crippen LogP contribution in [0.2, 0.25) is 0 Å². The third-order valence-electron chi connectivity index (χ3n) is 5.63. The van der Waals surface area contributed by atoms with Crippen molar-refractivity contribution in [3.05, 3.63) is 75.5 Å². The Morgan fingerprint density at radius 1 is 1.10 bits per heavy atom. The summed E-state index contributed by atoms with van der Waals surface area (Å²) in [5.74, 6) is -0.951. The molecule has 1 aliphatic rings. The highest BCUT2D eigenvalue weighted by Crippen LogP contribution is 2.41. The van der Waals surface area contributed by atoms with Gasteiger partial charge in [0.05, 0.1) is 16.6 Å². The lowest BCUT2D eigenvalue weighted by Crippen LogP contribution is -2.47. The maximum atomic E-state index is 14.5. The molecule has 0 bridgehead atoms. The maximum absolute atomic E-state index is 14.5. The molecule has 4 rings (SSSR count). The molecule has 2 heterocycles. The van der Waals surface area contributed by atoms with Crippen molar-refractivity contribution >= 4 is 24.0 Å². The van der Waals surface area contributed by atoms with Crippen LogP contribution in [0.25, 0.3) is 10.8 Å². The zero-order chi connectivity index (χ0) is 22.2. The van der Waals surface area contributed by atoms with E-state index in [4.69, 9.17) is 0 Å². The van der Waals surface area contributed by atoms with Crippen LogP contribution >= 0.6 is 7.29 Å². The molecule has 1 aliphatic heterocycles. The minimum atomic E-state index is -2.36. The van der Waals surface area contributed by atoms with Crippen LogP contribution in [0.1, 0.15) is 21.6 Å². The number of hydrogen-bond donors (Lipinski definition) is 1. The summed E-state index contributed by atoms with van der Waals surface area (Å²) in [4.78, 5) is 26.6. The van der Waals surface area contributed by atoms with E-state index in [1.54, 1.807) is 42.5 Å².